The molecule has 2 aromatic heterocycles. The zero-order valence-corrected chi connectivity index (χ0v) is 12.7. The molecule has 5 nitrogen and oxygen atoms in total. The summed E-state index contributed by atoms with van der Waals surface area (Å²) in [5.41, 5.74) is -0.175. The molecule has 0 aliphatic carbocycles. The number of nitrogens with zero attached hydrogens (tertiary/aromatic N) is 5. The number of halogens is 4. The Balaban J connectivity index is 1.61. The summed E-state index contributed by atoms with van der Waals surface area (Å²) in [6.07, 6.45) is -0.795. The number of alkyl halides is 3. The number of anilines is 1. The van der Waals surface area contributed by atoms with Gasteiger partial charge in [-0.15, -0.1) is 0 Å². The van der Waals surface area contributed by atoms with E-state index >= 15 is 0 Å². The van der Waals surface area contributed by atoms with Crippen molar-refractivity contribution in [2.45, 2.75) is 12.7 Å². The molecule has 2 aromatic rings. The molecule has 1 saturated heterocycles. The predicted octanol–water partition coefficient (Wildman–Crippen LogP) is 2.35. The molecule has 0 amide bonds. The fraction of sp³-hybridized carbons (Fsp3) is 0.400. The van der Waals surface area contributed by atoms with Crippen LogP contribution in [-0.4, -0.2) is 46.0 Å². The molecule has 0 atom stereocenters. The van der Waals surface area contributed by atoms with E-state index in [0.29, 0.717) is 32.7 Å². The van der Waals surface area contributed by atoms with Gasteiger partial charge >= 0.3 is 6.18 Å². The Hall–Kier alpha value is -2.29. The van der Waals surface area contributed by atoms with Crippen molar-refractivity contribution in [2.75, 3.05) is 31.1 Å². The monoisotopic (exact) mass is 341 g/mol. The first-order valence-corrected chi connectivity index (χ1v) is 7.38. The van der Waals surface area contributed by atoms with Crippen LogP contribution in [0.25, 0.3) is 0 Å². The van der Waals surface area contributed by atoms with E-state index in [0.717, 1.165) is 24.2 Å². The maximum absolute atomic E-state index is 13.1. The minimum absolute atomic E-state index is 0.268. The molecule has 1 aliphatic rings. The van der Waals surface area contributed by atoms with Gasteiger partial charge in [0.2, 0.25) is 0 Å². The van der Waals surface area contributed by atoms with Gasteiger partial charge in [0.25, 0.3) is 0 Å². The first kappa shape index (κ1) is 16.6. The highest BCUT2D eigenvalue weighted by atomic mass is 19.4. The van der Waals surface area contributed by atoms with E-state index in [9.17, 15) is 17.6 Å². The number of rotatable bonds is 3. The largest absolute Gasteiger partial charge is 0.433 e. The Labute approximate surface area is 136 Å². The molecule has 24 heavy (non-hydrogen) atoms. The second-order valence-corrected chi connectivity index (χ2v) is 5.53. The quantitative estimate of drug-likeness (QED) is 0.802. The van der Waals surface area contributed by atoms with E-state index < -0.39 is 11.9 Å². The van der Waals surface area contributed by atoms with Gasteiger partial charge in [0, 0.05) is 45.0 Å². The average molecular weight is 341 g/mol. The van der Waals surface area contributed by atoms with Gasteiger partial charge in [0.15, 0.2) is 0 Å². The highest BCUT2D eigenvalue weighted by Crippen LogP contribution is 2.29. The molecular weight excluding hydrogens is 326 g/mol. The lowest BCUT2D eigenvalue weighted by molar-refractivity contribution is -0.141. The van der Waals surface area contributed by atoms with Gasteiger partial charge in [0.05, 0.1) is 6.20 Å². The molecule has 0 bridgehead atoms. The van der Waals surface area contributed by atoms with Crippen molar-refractivity contribution in [1.29, 1.82) is 0 Å². The van der Waals surface area contributed by atoms with Gasteiger partial charge in [-0.05, 0) is 11.6 Å². The average Bonchev–Trinajstić information content (AvgIpc) is 2.55. The first-order chi connectivity index (χ1) is 11.4. The molecule has 1 fully saturated rings. The highest BCUT2D eigenvalue weighted by molar-refractivity contribution is 5.40. The third-order valence-corrected chi connectivity index (χ3v) is 3.81. The summed E-state index contributed by atoms with van der Waals surface area (Å²) in [6, 6.07) is 2.39. The van der Waals surface area contributed by atoms with E-state index in [4.69, 9.17) is 0 Å². The van der Waals surface area contributed by atoms with Gasteiger partial charge in [0.1, 0.15) is 23.7 Å². The fourth-order valence-electron chi connectivity index (χ4n) is 2.61. The zero-order valence-electron chi connectivity index (χ0n) is 12.7. The molecule has 0 saturated carbocycles. The van der Waals surface area contributed by atoms with Gasteiger partial charge < -0.3 is 4.90 Å². The smallest absolute Gasteiger partial charge is 0.354 e. The minimum Gasteiger partial charge on any atom is -0.354 e. The second-order valence-electron chi connectivity index (χ2n) is 5.53. The van der Waals surface area contributed by atoms with E-state index in [1.165, 1.54) is 6.07 Å². The summed E-state index contributed by atoms with van der Waals surface area (Å²) in [5, 5.41) is 0. The summed E-state index contributed by atoms with van der Waals surface area (Å²) in [5.74, 6) is -0.115. The number of pyridine rings is 1. The minimum atomic E-state index is -4.48. The fourth-order valence-corrected chi connectivity index (χ4v) is 2.61. The lowest BCUT2D eigenvalue weighted by Crippen LogP contribution is -2.46. The van der Waals surface area contributed by atoms with Crippen LogP contribution >= 0.6 is 0 Å². The standard InChI is InChI=1S/C15H15F4N5/c16-12-5-11(7-20-8-12)9-23-1-3-24(4-2-23)14-6-13(15(17,18)19)21-10-22-14/h5-8,10H,1-4,9H2. The van der Waals surface area contributed by atoms with Crippen molar-refractivity contribution in [3.05, 3.63) is 47.9 Å². The Bertz CT molecular complexity index is 698. The van der Waals surface area contributed by atoms with Gasteiger partial charge in [-0.25, -0.2) is 14.4 Å². The SMILES string of the molecule is Fc1cncc(CN2CCN(c3cc(C(F)(F)F)ncn3)CC2)c1. The molecule has 1 aliphatic heterocycles. The molecule has 0 radical (unpaired) electrons. The van der Waals surface area contributed by atoms with Gasteiger partial charge in [-0.1, -0.05) is 0 Å². The molecular formula is C15H15F4N5. The summed E-state index contributed by atoms with van der Waals surface area (Å²) in [6.45, 7) is 2.91. The van der Waals surface area contributed by atoms with E-state index in [1.807, 2.05) is 0 Å². The Kier molecular flexibility index (Phi) is 4.61. The maximum Gasteiger partial charge on any atom is 0.433 e. The first-order valence-electron chi connectivity index (χ1n) is 7.38. The molecule has 0 aromatic carbocycles. The van der Waals surface area contributed by atoms with Crippen LogP contribution in [0.5, 0.6) is 0 Å². The maximum atomic E-state index is 13.1. The Morgan fingerprint density at radius 1 is 1.00 bits per heavy atom. The number of hydrogen-bond donors (Lipinski definition) is 0. The van der Waals surface area contributed by atoms with Crippen molar-refractivity contribution in [3.63, 3.8) is 0 Å². The summed E-state index contributed by atoms with van der Waals surface area (Å²) in [7, 11) is 0. The van der Waals surface area contributed by atoms with Crippen LogP contribution in [0.1, 0.15) is 11.3 Å². The Morgan fingerprint density at radius 2 is 1.75 bits per heavy atom. The number of hydrogen-bond acceptors (Lipinski definition) is 5. The lowest BCUT2D eigenvalue weighted by atomic mass is 10.2. The Morgan fingerprint density at radius 3 is 2.42 bits per heavy atom. The van der Waals surface area contributed by atoms with Crippen LogP contribution in [0, 0.1) is 5.82 Å². The van der Waals surface area contributed by atoms with Crippen LogP contribution in [0.2, 0.25) is 0 Å². The topological polar surface area (TPSA) is 45.2 Å². The molecule has 128 valence electrons. The zero-order chi connectivity index (χ0) is 17.2. The van der Waals surface area contributed by atoms with Crippen molar-refractivity contribution >= 4 is 5.82 Å². The van der Waals surface area contributed by atoms with Crippen molar-refractivity contribution in [3.8, 4) is 0 Å². The lowest BCUT2D eigenvalue weighted by Gasteiger charge is -2.35. The van der Waals surface area contributed by atoms with Crippen molar-refractivity contribution < 1.29 is 17.6 Å². The number of piperazine rings is 1. The molecule has 3 heterocycles. The van der Waals surface area contributed by atoms with Crippen LogP contribution in [-0.2, 0) is 12.7 Å². The second kappa shape index (κ2) is 6.68. The predicted molar refractivity (Wildman–Crippen MR) is 78.7 cm³/mol. The third-order valence-electron chi connectivity index (χ3n) is 3.81. The molecule has 9 heteroatoms. The molecule has 3 rings (SSSR count). The van der Waals surface area contributed by atoms with Crippen LogP contribution in [0.4, 0.5) is 23.4 Å². The van der Waals surface area contributed by atoms with Crippen LogP contribution in [0.3, 0.4) is 0 Å². The van der Waals surface area contributed by atoms with E-state index in [-0.39, 0.29) is 11.6 Å². The normalized spacial score (nSPS) is 16.4. The summed E-state index contributed by atoms with van der Waals surface area (Å²) < 4.78 is 51.3. The highest BCUT2D eigenvalue weighted by Gasteiger charge is 2.33. The summed E-state index contributed by atoms with van der Waals surface area (Å²) >= 11 is 0. The molecule has 0 N–H and O–H groups in total. The number of aromatic nitrogens is 3. The van der Waals surface area contributed by atoms with Crippen molar-refractivity contribution in [2.24, 2.45) is 0 Å². The van der Waals surface area contributed by atoms with E-state index in [1.54, 1.807) is 11.1 Å². The molecule has 0 spiro atoms. The van der Waals surface area contributed by atoms with Gasteiger partial charge in [-0.2, -0.15) is 13.2 Å². The third kappa shape index (κ3) is 3.97. The van der Waals surface area contributed by atoms with Crippen molar-refractivity contribution in [1.82, 2.24) is 19.9 Å². The summed E-state index contributed by atoms with van der Waals surface area (Å²) in [4.78, 5) is 14.9. The van der Waals surface area contributed by atoms with E-state index in [2.05, 4.69) is 19.9 Å². The molecule has 0 unspecified atom stereocenters. The van der Waals surface area contributed by atoms with Crippen LogP contribution < -0.4 is 4.90 Å². The van der Waals surface area contributed by atoms with Crippen LogP contribution in [0.15, 0.2) is 30.9 Å². The van der Waals surface area contributed by atoms with Gasteiger partial charge in [-0.3, -0.25) is 9.88 Å².